The highest BCUT2D eigenvalue weighted by Crippen LogP contribution is 2.10. The second-order valence-corrected chi connectivity index (χ2v) is 8.07. The van der Waals surface area contributed by atoms with Crippen LogP contribution < -0.4 is 21.7 Å². The Labute approximate surface area is 200 Å². The minimum absolute atomic E-state index is 0.192. The second kappa shape index (κ2) is 16.0. The van der Waals surface area contributed by atoms with Crippen LogP contribution in [0.5, 0.6) is 0 Å². The Morgan fingerprint density at radius 1 is 0.441 bits per heavy atom. The van der Waals surface area contributed by atoms with Crippen LogP contribution in [0.15, 0.2) is 60.7 Å². The summed E-state index contributed by atoms with van der Waals surface area (Å²) in [6.07, 6.45) is 8.52. The predicted molar refractivity (Wildman–Crippen MR) is 130 cm³/mol. The first-order chi connectivity index (χ1) is 16.6. The molecule has 0 unspecified atom stereocenters. The third-order valence-corrected chi connectivity index (χ3v) is 5.26. The molecule has 8 nitrogen and oxygen atoms in total. The molecule has 0 aliphatic carbocycles. The molecule has 0 spiro atoms. The summed E-state index contributed by atoms with van der Waals surface area (Å²) in [5.41, 5.74) is 10.7. The lowest BCUT2D eigenvalue weighted by molar-refractivity contribution is -0.122. The van der Waals surface area contributed by atoms with E-state index >= 15 is 0 Å². The summed E-state index contributed by atoms with van der Waals surface area (Å²) in [7, 11) is 0. The molecule has 2 rings (SSSR count). The lowest BCUT2D eigenvalue weighted by Gasteiger charge is -2.08. The first-order valence-electron chi connectivity index (χ1n) is 11.8. The Morgan fingerprint density at radius 3 is 1.12 bits per heavy atom. The van der Waals surface area contributed by atoms with E-state index in [4.69, 9.17) is 0 Å². The first-order valence-corrected chi connectivity index (χ1v) is 11.8. The van der Waals surface area contributed by atoms with Crippen molar-refractivity contribution in [2.75, 3.05) is 0 Å². The molecule has 0 aliphatic heterocycles. The number of unbranched alkanes of at least 4 members (excludes halogenated alkanes) is 7. The highest BCUT2D eigenvalue weighted by Gasteiger charge is 2.07. The quantitative estimate of drug-likeness (QED) is 0.265. The maximum atomic E-state index is 11.9. The third-order valence-electron chi connectivity index (χ3n) is 5.26. The van der Waals surface area contributed by atoms with E-state index in [1.54, 1.807) is 48.5 Å². The van der Waals surface area contributed by atoms with Gasteiger partial charge in [0.05, 0.1) is 0 Å². The van der Waals surface area contributed by atoms with E-state index in [2.05, 4.69) is 21.7 Å². The fraction of sp³-hybridized carbons (Fsp3) is 0.385. The van der Waals surface area contributed by atoms with Gasteiger partial charge in [-0.25, -0.2) is 0 Å². The number of hydrogen-bond donors (Lipinski definition) is 4. The number of benzene rings is 2. The molecule has 4 amide bonds. The second-order valence-electron chi connectivity index (χ2n) is 8.07. The van der Waals surface area contributed by atoms with E-state index in [9.17, 15) is 19.2 Å². The SMILES string of the molecule is O=C(CCCCCCCCCCC(=O)NNC(=O)c1ccccc1)NNC(=O)c1ccccc1. The molecule has 8 heteroatoms. The number of carbonyl (C=O) groups is 4. The van der Waals surface area contributed by atoms with E-state index in [1.165, 1.54) is 0 Å². The van der Waals surface area contributed by atoms with Gasteiger partial charge in [-0.1, -0.05) is 74.9 Å². The summed E-state index contributed by atoms with van der Waals surface area (Å²) in [6.45, 7) is 0. The van der Waals surface area contributed by atoms with Gasteiger partial charge in [0.1, 0.15) is 0 Å². The molecule has 2 aromatic carbocycles. The molecule has 2 aromatic rings. The van der Waals surface area contributed by atoms with Crippen LogP contribution in [0.25, 0.3) is 0 Å². The molecule has 0 aromatic heterocycles. The first kappa shape index (κ1) is 26.6. The van der Waals surface area contributed by atoms with Gasteiger partial charge < -0.3 is 0 Å². The van der Waals surface area contributed by atoms with Crippen LogP contribution in [-0.2, 0) is 9.59 Å². The van der Waals surface area contributed by atoms with Gasteiger partial charge in [0.25, 0.3) is 11.8 Å². The maximum Gasteiger partial charge on any atom is 0.269 e. The Kier molecular flexibility index (Phi) is 12.5. The van der Waals surface area contributed by atoms with Crippen molar-refractivity contribution >= 4 is 23.6 Å². The zero-order valence-electron chi connectivity index (χ0n) is 19.5. The van der Waals surface area contributed by atoms with Gasteiger partial charge in [-0.2, -0.15) is 0 Å². The minimum atomic E-state index is -0.330. The zero-order chi connectivity index (χ0) is 24.4. The molecule has 34 heavy (non-hydrogen) atoms. The van der Waals surface area contributed by atoms with Crippen molar-refractivity contribution in [1.82, 2.24) is 21.7 Å². The topological polar surface area (TPSA) is 116 Å². The smallest absolute Gasteiger partial charge is 0.269 e. The summed E-state index contributed by atoms with van der Waals surface area (Å²) >= 11 is 0. The Balaban J connectivity index is 1.38. The van der Waals surface area contributed by atoms with Crippen LogP contribution in [0.3, 0.4) is 0 Å². The summed E-state index contributed by atoms with van der Waals surface area (Å²) in [5, 5.41) is 0. The molecular formula is C26H34N4O4. The lowest BCUT2D eigenvalue weighted by Crippen LogP contribution is -2.41. The van der Waals surface area contributed by atoms with Gasteiger partial charge in [0.2, 0.25) is 11.8 Å². The normalized spacial score (nSPS) is 10.2. The fourth-order valence-electron chi connectivity index (χ4n) is 3.33. The molecule has 0 heterocycles. The zero-order valence-corrected chi connectivity index (χ0v) is 19.5. The molecule has 0 saturated carbocycles. The van der Waals surface area contributed by atoms with Crippen molar-refractivity contribution in [3.05, 3.63) is 71.8 Å². The van der Waals surface area contributed by atoms with Gasteiger partial charge in [-0.3, -0.25) is 40.9 Å². The van der Waals surface area contributed by atoms with Crippen molar-refractivity contribution in [2.45, 2.75) is 64.2 Å². The van der Waals surface area contributed by atoms with Crippen LogP contribution in [0.4, 0.5) is 0 Å². The van der Waals surface area contributed by atoms with E-state index in [0.717, 1.165) is 51.4 Å². The van der Waals surface area contributed by atoms with Crippen LogP contribution >= 0.6 is 0 Å². The van der Waals surface area contributed by atoms with Gasteiger partial charge in [0.15, 0.2) is 0 Å². The van der Waals surface area contributed by atoms with Crippen molar-refractivity contribution < 1.29 is 19.2 Å². The summed E-state index contributed by atoms with van der Waals surface area (Å²) in [5.74, 6) is -1.04. The van der Waals surface area contributed by atoms with E-state index in [1.807, 2.05) is 12.1 Å². The van der Waals surface area contributed by atoms with Gasteiger partial charge >= 0.3 is 0 Å². The van der Waals surface area contributed by atoms with Crippen LogP contribution in [-0.4, -0.2) is 23.6 Å². The number of nitrogens with one attached hydrogen (secondary N) is 4. The Bertz CT molecular complexity index is 828. The monoisotopic (exact) mass is 466 g/mol. The summed E-state index contributed by atoms with van der Waals surface area (Å²) in [4.78, 5) is 47.3. The Morgan fingerprint density at radius 2 is 0.765 bits per heavy atom. The van der Waals surface area contributed by atoms with Crippen LogP contribution in [0, 0.1) is 0 Å². The molecule has 0 aliphatic rings. The van der Waals surface area contributed by atoms with Gasteiger partial charge in [0, 0.05) is 24.0 Å². The molecule has 0 bridgehead atoms. The summed E-state index contributed by atoms with van der Waals surface area (Å²) < 4.78 is 0. The molecule has 0 saturated heterocycles. The Hall–Kier alpha value is -3.68. The average molecular weight is 467 g/mol. The van der Waals surface area contributed by atoms with Gasteiger partial charge in [-0.05, 0) is 37.1 Å². The standard InChI is InChI=1S/C26H34N4O4/c31-23(27-29-25(33)21-15-9-7-10-16-21)19-13-5-3-1-2-4-6-14-20-24(32)28-30-26(34)22-17-11-8-12-18-22/h7-12,15-18H,1-6,13-14,19-20H2,(H,27,31)(H,28,32)(H,29,33)(H,30,34). The number of rotatable bonds is 13. The van der Waals surface area contributed by atoms with Gasteiger partial charge in [-0.15, -0.1) is 0 Å². The molecular weight excluding hydrogens is 432 g/mol. The number of amides is 4. The summed E-state index contributed by atoms with van der Waals surface area (Å²) in [6, 6.07) is 17.4. The van der Waals surface area contributed by atoms with Crippen LogP contribution in [0.1, 0.15) is 84.9 Å². The van der Waals surface area contributed by atoms with E-state index in [-0.39, 0.29) is 23.6 Å². The molecule has 0 atom stereocenters. The van der Waals surface area contributed by atoms with E-state index < -0.39 is 0 Å². The maximum absolute atomic E-state index is 11.9. The highest BCUT2D eigenvalue weighted by molar-refractivity contribution is 5.95. The molecule has 0 fully saturated rings. The predicted octanol–water partition coefficient (Wildman–Crippen LogP) is 3.81. The van der Waals surface area contributed by atoms with Crippen molar-refractivity contribution in [3.8, 4) is 0 Å². The highest BCUT2D eigenvalue weighted by atomic mass is 16.2. The minimum Gasteiger partial charge on any atom is -0.273 e. The molecule has 4 N–H and O–H groups in total. The van der Waals surface area contributed by atoms with Crippen molar-refractivity contribution in [3.63, 3.8) is 0 Å². The van der Waals surface area contributed by atoms with E-state index in [0.29, 0.717) is 24.0 Å². The van der Waals surface area contributed by atoms with Crippen LogP contribution in [0.2, 0.25) is 0 Å². The molecule has 0 radical (unpaired) electrons. The fourth-order valence-corrected chi connectivity index (χ4v) is 3.33. The number of carbonyl (C=O) groups excluding carboxylic acids is 4. The lowest BCUT2D eigenvalue weighted by atomic mass is 10.1. The average Bonchev–Trinajstić information content (AvgIpc) is 2.87. The van der Waals surface area contributed by atoms with Crippen molar-refractivity contribution in [1.29, 1.82) is 0 Å². The number of hydrogen-bond acceptors (Lipinski definition) is 4. The van der Waals surface area contributed by atoms with Crippen molar-refractivity contribution in [2.24, 2.45) is 0 Å². The largest absolute Gasteiger partial charge is 0.273 e. The third kappa shape index (κ3) is 11.3. The molecule has 182 valence electrons. The number of hydrazine groups is 2.